The molecule has 0 bridgehead atoms. The molecule has 186 valence electrons. The fourth-order valence-electron chi connectivity index (χ4n) is 3.51. The molecule has 7 nitrogen and oxygen atoms in total. The lowest BCUT2D eigenvalue weighted by Gasteiger charge is -2.16. The van der Waals surface area contributed by atoms with Crippen molar-refractivity contribution >= 4 is 50.9 Å². The molecule has 0 saturated heterocycles. The van der Waals surface area contributed by atoms with Gasteiger partial charge >= 0.3 is 0 Å². The number of nitro groups is 1. The van der Waals surface area contributed by atoms with Gasteiger partial charge in [0, 0.05) is 26.2 Å². The van der Waals surface area contributed by atoms with E-state index in [1.165, 1.54) is 11.8 Å². The first-order chi connectivity index (χ1) is 17.2. The summed E-state index contributed by atoms with van der Waals surface area (Å²) >= 11 is 17.0. The molecule has 1 heterocycles. The molecule has 0 aliphatic carbocycles. The van der Waals surface area contributed by atoms with E-state index < -0.39 is 5.25 Å². The average Bonchev–Trinajstić information content (AvgIpc) is 3.19. The van der Waals surface area contributed by atoms with E-state index in [0.717, 1.165) is 22.4 Å². The summed E-state index contributed by atoms with van der Waals surface area (Å²) in [6, 6.07) is 18.6. The van der Waals surface area contributed by atoms with E-state index in [4.69, 9.17) is 27.9 Å². The van der Waals surface area contributed by atoms with Crippen molar-refractivity contribution in [2.24, 2.45) is 0 Å². The van der Waals surface area contributed by atoms with Crippen LogP contribution in [0, 0.1) is 24.0 Å². The van der Waals surface area contributed by atoms with Crippen LogP contribution >= 0.6 is 50.9 Å². The molecule has 36 heavy (non-hydrogen) atoms. The summed E-state index contributed by atoms with van der Waals surface area (Å²) in [5, 5.41) is 21.2. The van der Waals surface area contributed by atoms with Crippen LogP contribution in [0.1, 0.15) is 27.8 Å². The molecule has 0 unspecified atom stereocenters. The Balaban J connectivity index is 1.57. The first-order valence-corrected chi connectivity index (χ1v) is 13.3. The maximum Gasteiger partial charge on any atom is 0.220 e. The van der Waals surface area contributed by atoms with Gasteiger partial charge in [-0.1, -0.05) is 64.8 Å². The van der Waals surface area contributed by atoms with E-state index >= 15 is 0 Å². The fourth-order valence-corrected chi connectivity index (χ4v) is 5.65. The number of ether oxygens (including phenoxy) is 1. The number of rotatable bonds is 9. The molecule has 1 atom stereocenters. The topological polar surface area (TPSA) is 83.1 Å². The van der Waals surface area contributed by atoms with Crippen molar-refractivity contribution in [3.63, 3.8) is 0 Å². The summed E-state index contributed by atoms with van der Waals surface area (Å²) in [6.45, 7) is 3.84. The van der Waals surface area contributed by atoms with Crippen molar-refractivity contribution in [3.05, 3.63) is 108 Å². The summed E-state index contributed by atoms with van der Waals surface area (Å²) in [5.41, 5.74) is 3.59. The monoisotopic (exact) mass is 606 g/mol. The van der Waals surface area contributed by atoms with E-state index in [0.29, 0.717) is 31.2 Å². The van der Waals surface area contributed by atoms with Crippen LogP contribution in [0.25, 0.3) is 5.69 Å². The van der Waals surface area contributed by atoms with E-state index in [1.54, 1.807) is 18.2 Å². The maximum absolute atomic E-state index is 11.5. The zero-order valence-electron chi connectivity index (χ0n) is 19.3. The van der Waals surface area contributed by atoms with E-state index in [1.807, 2.05) is 60.9 Å². The van der Waals surface area contributed by atoms with Crippen LogP contribution in [0.5, 0.6) is 5.75 Å². The first-order valence-electron chi connectivity index (χ1n) is 10.8. The lowest BCUT2D eigenvalue weighted by Crippen LogP contribution is -2.11. The van der Waals surface area contributed by atoms with Crippen molar-refractivity contribution in [1.82, 2.24) is 14.8 Å². The van der Waals surface area contributed by atoms with Gasteiger partial charge in [-0.05, 0) is 71.7 Å². The molecular formula is C25H21BrCl2N4O3S. The molecule has 0 fully saturated rings. The molecule has 0 aliphatic rings. The Kier molecular flexibility index (Phi) is 8.56. The SMILES string of the molecule is Cc1ccc(-n2c(C)nnc2S[C@H](C[N+](=O)[O-])c2ccc(OCc3ccc(Cl)cc3Cl)c(Br)c2)cc1. The van der Waals surface area contributed by atoms with Gasteiger partial charge in [0.15, 0.2) is 5.16 Å². The van der Waals surface area contributed by atoms with Gasteiger partial charge in [0.2, 0.25) is 6.54 Å². The molecule has 0 amide bonds. The second-order valence-electron chi connectivity index (χ2n) is 8.04. The minimum Gasteiger partial charge on any atom is -0.488 e. The van der Waals surface area contributed by atoms with Gasteiger partial charge in [-0.3, -0.25) is 14.7 Å². The molecule has 0 spiro atoms. The van der Waals surface area contributed by atoms with Crippen LogP contribution in [0.3, 0.4) is 0 Å². The van der Waals surface area contributed by atoms with Gasteiger partial charge in [-0.15, -0.1) is 10.2 Å². The Labute approximate surface area is 231 Å². The Morgan fingerprint density at radius 2 is 1.83 bits per heavy atom. The third-order valence-electron chi connectivity index (χ3n) is 5.38. The Hall–Kier alpha value is -2.59. The van der Waals surface area contributed by atoms with Crippen molar-refractivity contribution < 1.29 is 9.66 Å². The predicted octanol–water partition coefficient (Wildman–Crippen LogP) is 7.64. The number of hydrogen-bond acceptors (Lipinski definition) is 6. The highest BCUT2D eigenvalue weighted by Crippen LogP contribution is 2.39. The second kappa shape index (κ2) is 11.6. The van der Waals surface area contributed by atoms with Crippen molar-refractivity contribution in [2.75, 3.05) is 6.54 Å². The second-order valence-corrected chi connectivity index (χ2v) is 10.9. The van der Waals surface area contributed by atoms with Crippen molar-refractivity contribution in [2.45, 2.75) is 30.9 Å². The largest absolute Gasteiger partial charge is 0.488 e. The highest BCUT2D eigenvalue weighted by atomic mass is 79.9. The molecule has 3 aromatic carbocycles. The predicted molar refractivity (Wildman–Crippen MR) is 146 cm³/mol. The number of nitrogens with zero attached hydrogens (tertiary/aromatic N) is 4. The van der Waals surface area contributed by atoms with Gasteiger partial charge in [0.05, 0.1) is 4.47 Å². The normalized spacial score (nSPS) is 11.9. The average molecular weight is 608 g/mol. The van der Waals surface area contributed by atoms with E-state index in [9.17, 15) is 10.1 Å². The van der Waals surface area contributed by atoms with Crippen LogP contribution in [0.4, 0.5) is 0 Å². The minimum absolute atomic E-state index is 0.250. The molecular weight excluding hydrogens is 587 g/mol. The molecule has 4 aromatic rings. The van der Waals surface area contributed by atoms with Gasteiger partial charge in [-0.25, -0.2) is 0 Å². The number of aromatic nitrogens is 3. The van der Waals surface area contributed by atoms with E-state index in [2.05, 4.69) is 26.1 Å². The third-order valence-corrected chi connectivity index (χ3v) is 7.76. The Bertz CT molecular complexity index is 1400. The molecule has 0 aliphatic heterocycles. The van der Waals surface area contributed by atoms with Gasteiger partial charge in [0.25, 0.3) is 0 Å². The van der Waals surface area contributed by atoms with Crippen molar-refractivity contribution in [1.29, 1.82) is 0 Å². The summed E-state index contributed by atoms with van der Waals surface area (Å²) < 4.78 is 8.50. The van der Waals surface area contributed by atoms with Gasteiger partial charge in [0.1, 0.15) is 23.4 Å². The smallest absolute Gasteiger partial charge is 0.220 e. The maximum atomic E-state index is 11.5. The van der Waals surface area contributed by atoms with Crippen LogP contribution in [0.2, 0.25) is 10.0 Å². The van der Waals surface area contributed by atoms with Crippen LogP contribution in [-0.2, 0) is 6.61 Å². The third kappa shape index (κ3) is 6.39. The summed E-state index contributed by atoms with van der Waals surface area (Å²) in [6.07, 6.45) is 0. The molecule has 0 N–H and O–H groups in total. The highest BCUT2D eigenvalue weighted by Gasteiger charge is 2.24. The standard InChI is InChI=1S/C25H21BrCl2N4O3S/c1-15-3-8-20(9-4-15)32-16(2)29-30-25(32)36-24(13-31(33)34)17-6-10-23(21(26)11-17)35-14-18-5-7-19(27)12-22(18)28/h3-12,24H,13-14H2,1-2H3/t24-/m1/s1. The lowest BCUT2D eigenvalue weighted by atomic mass is 10.1. The van der Waals surface area contributed by atoms with E-state index in [-0.39, 0.29) is 18.1 Å². The van der Waals surface area contributed by atoms with Gasteiger partial charge in [-0.2, -0.15) is 0 Å². The summed E-state index contributed by atoms with van der Waals surface area (Å²) in [4.78, 5) is 11.2. The minimum atomic E-state index is -0.496. The Morgan fingerprint density at radius 3 is 2.50 bits per heavy atom. The summed E-state index contributed by atoms with van der Waals surface area (Å²) in [5.74, 6) is 1.29. The van der Waals surface area contributed by atoms with Crippen LogP contribution in [-0.4, -0.2) is 26.2 Å². The molecule has 11 heteroatoms. The quantitative estimate of drug-likeness (QED) is 0.110. The van der Waals surface area contributed by atoms with Gasteiger partial charge < -0.3 is 4.74 Å². The number of thioether (sulfide) groups is 1. The number of hydrogen-bond donors (Lipinski definition) is 0. The zero-order valence-corrected chi connectivity index (χ0v) is 23.2. The van der Waals surface area contributed by atoms with Crippen molar-refractivity contribution in [3.8, 4) is 11.4 Å². The molecule has 4 rings (SSSR count). The Morgan fingerprint density at radius 1 is 1.08 bits per heavy atom. The zero-order chi connectivity index (χ0) is 25.8. The van der Waals surface area contributed by atoms with Crippen LogP contribution in [0.15, 0.2) is 70.3 Å². The van der Waals surface area contributed by atoms with Crippen LogP contribution < -0.4 is 4.74 Å². The molecule has 1 aromatic heterocycles. The number of aryl methyl sites for hydroxylation is 2. The number of benzene rings is 3. The first kappa shape index (κ1) is 26.5. The molecule has 0 saturated carbocycles. The highest BCUT2D eigenvalue weighted by molar-refractivity contribution is 9.10. The fraction of sp³-hybridized carbons (Fsp3) is 0.200. The number of halogens is 3. The summed E-state index contributed by atoms with van der Waals surface area (Å²) in [7, 11) is 0. The lowest BCUT2D eigenvalue weighted by molar-refractivity contribution is -0.479. The molecule has 0 radical (unpaired) electrons.